The van der Waals surface area contributed by atoms with Crippen molar-refractivity contribution >= 4 is 29.2 Å². The van der Waals surface area contributed by atoms with Gasteiger partial charge >= 0.3 is 5.97 Å². The molecule has 4 atom stereocenters. The second kappa shape index (κ2) is 7.90. The van der Waals surface area contributed by atoms with Crippen molar-refractivity contribution in [1.82, 2.24) is 0 Å². The molecule has 1 aromatic rings. The van der Waals surface area contributed by atoms with Crippen LogP contribution in [0, 0.1) is 5.92 Å². The van der Waals surface area contributed by atoms with Gasteiger partial charge in [0.05, 0.1) is 28.9 Å². The molecular formula is C19H22Cl2O3. The maximum Gasteiger partial charge on any atom is 0.306 e. The molecule has 2 fully saturated rings. The number of hydrogen-bond donors (Lipinski definition) is 0. The fraction of sp³-hybridized carbons (Fsp3) is 0.526. The minimum Gasteiger partial charge on any atom is -0.465 e. The molecule has 3 rings (SSSR count). The molecule has 5 heteroatoms. The average Bonchev–Trinajstić information content (AvgIpc) is 2.96. The second-order valence-electron chi connectivity index (χ2n) is 6.56. The quantitative estimate of drug-likeness (QED) is 0.514. The number of esters is 1. The number of allylic oxidation sites excluding steroid dienone is 1. The molecule has 0 spiro atoms. The number of rotatable bonds is 6. The van der Waals surface area contributed by atoms with Gasteiger partial charge in [-0.15, -0.1) is 6.58 Å². The summed E-state index contributed by atoms with van der Waals surface area (Å²) in [5, 5.41) is 1.12. The number of carbonyl (C=O) groups is 1. The minimum atomic E-state index is -0.178. The summed E-state index contributed by atoms with van der Waals surface area (Å²) < 4.78 is 11.6. The van der Waals surface area contributed by atoms with Crippen LogP contribution in [0.3, 0.4) is 0 Å². The second-order valence-corrected chi connectivity index (χ2v) is 7.38. The van der Waals surface area contributed by atoms with Crippen molar-refractivity contribution in [2.75, 3.05) is 6.61 Å². The third-order valence-electron chi connectivity index (χ3n) is 5.01. The van der Waals surface area contributed by atoms with Crippen LogP contribution in [0.15, 0.2) is 30.9 Å². The van der Waals surface area contributed by atoms with Gasteiger partial charge in [-0.1, -0.05) is 35.3 Å². The predicted molar refractivity (Wildman–Crippen MR) is 95.6 cm³/mol. The Hall–Kier alpha value is -1.03. The first-order valence-electron chi connectivity index (χ1n) is 8.45. The number of ether oxygens (including phenoxy) is 2. The lowest BCUT2D eigenvalue weighted by atomic mass is 9.79. The molecule has 0 amide bonds. The molecule has 2 aliphatic rings. The summed E-state index contributed by atoms with van der Waals surface area (Å²) in [6, 6.07) is 5.80. The molecule has 0 aliphatic carbocycles. The Morgan fingerprint density at radius 2 is 2.17 bits per heavy atom. The van der Waals surface area contributed by atoms with E-state index in [9.17, 15) is 4.79 Å². The first-order chi connectivity index (χ1) is 11.6. The lowest BCUT2D eigenvalue weighted by Gasteiger charge is -2.37. The molecule has 1 aromatic carbocycles. The number of halogens is 2. The van der Waals surface area contributed by atoms with E-state index in [4.69, 9.17) is 32.7 Å². The molecule has 2 bridgehead atoms. The number of hydrogen-bond acceptors (Lipinski definition) is 3. The zero-order valence-electron chi connectivity index (χ0n) is 13.5. The molecular weight excluding hydrogens is 347 g/mol. The van der Waals surface area contributed by atoms with E-state index in [1.807, 2.05) is 18.2 Å². The van der Waals surface area contributed by atoms with Gasteiger partial charge in [-0.25, -0.2) is 0 Å². The summed E-state index contributed by atoms with van der Waals surface area (Å²) in [5.41, 5.74) is 1.15. The molecule has 0 N–H and O–H groups in total. The van der Waals surface area contributed by atoms with Crippen LogP contribution in [0.2, 0.25) is 10.0 Å². The number of benzene rings is 1. The van der Waals surface area contributed by atoms with Gasteiger partial charge in [-0.2, -0.15) is 0 Å². The largest absolute Gasteiger partial charge is 0.465 e. The summed E-state index contributed by atoms with van der Waals surface area (Å²) in [7, 11) is 0. The summed E-state index contributed by atoms with van der Waals surface area (Å²) in [4.78, 5) is 11.8. The minimum absolute atomic E-state index is 0.149. The highest BCUT2D eigenvalue weighted by Gasteiger charge is 2.44. The molecule has 24 heavy (non-hydrogen) atoms. The van der Waals surface area contributed by atoms with Gasteiger partial charge < -0.3 is 9.47 Å². The van der Waals surface area contributed by atoms with Crippen molar-refractivity contribution in [1.29, 1.82) is 0 Å². The van der Waals surface area contributed by atoms with Crippen molar-refractivity contribution in [3.63, 3.8) is 0 Å². The number of carbonyl (C=O) groups excluding carboxylic acids is 1. The molecule has 0 aromatic heterocycles. The Morgan fingerprint density at radius 3 is 2.92 bits per heavy atom. The van der Waals surface area contributed by atoms with E-state index in [2.05, 4.69) is 6.58 Å². The van der Waals surface area contributed by atoms with Gasteiger partial charge in [0, 0.05) is 12.3 Å². The summed E-state index contributed by atoms with van der Waals surface area (Å²) >= 11 is 12.2. The maximum atomic E-state index is 11.8. The van der Waals surface area contributed by atoms with Crippen molar-refractivity contribution < 1.29 is 14.3 Å². The lowest BCUT2D eigenvalue weighted by molar-refractivity contribution is -0.149. The van der Waals surface area contributed by atoms with Crippen LogP contribution in [-0.4, -0.2) is 24.8 Å². The Labute approximate surface area is 152 Å². The molecule has 3 unspecified atom stereocenters. The van der Waals surface area contributed by atoms with Crippen LogP contribution in [0.25, 0.3) is 0 Å². The Bertz CT molecular complexity index is 617. The molecule has 3 nitrogen and oxygen atoms in total. The normalized spacial score (nSPS) is 28.6. The van der Waals surface area contributed by atoms with E-state index >= 15 is 0 Å². The highest BCUT2D eigenvalue weighted by Crippen LogP contribution is 2.46. The third kappa shape index (κ3) is 3.96. The van der Waals surface area contributed by atoms with Crippen LogP contribution in [0.1, 0.15) is 43.6 Å². The fourth-order valence-corrected chi connectivity index (χ4v) is 4.08. The Balaban J connectivity index is 1.73. The Kier molecular flexibility index (Phi) is 5.85. The first kappa shape index (κ1) is 17.8. The zero-order valence-corrected chi connectivity index (χ0v) is 15.1. The SMILES string of the molecule is C=CCCC(=O)OCC1C2CCC(C[C@@H]1c1ccc(Cl)c(Cl)c1)O2. The van der Waals surface area contributed by atoms with Crippen molar-refractivity contribution in [2.45, 2.75) is 50.2 Å². The smallest absolute Gasteiger partial charge is 0.306 e. The average molecular weight is 369 g/mol. The summed E-state index contributed by atoms with van der Waals surface area (Å²) in [6.07, 6.45) is 6.22. The third-order valence-corrected chi connectivity index (χ3v) is 5.75. The van der Waals surface area contributed by atoms with Crippen molar-refractivity contribution in [3.05, 3.63) is 46.5 Å². The van der Waals surface area contributed by atoms with Gasteiger partial charge in [-0.3, -0.25) is 4.79 Å². The highest BCUT2D eigenvalue weighted by molar-refractivity contribution is 6.42. The van der Waals surface area contributed by atoms with Gasteiger partial charge in [0.2, 0.25) is 0 Å². The first-order valence-corrected chi connectivity index (χ1v) is 9.21. The van der Waals surface area contributed by atoms with Crippen LogP contribution in [-0.2, 0) is 14.3 Å². The Morgan fingerprint density at radius 1 is 1.33 bits per heavy atom. The van der Waals surface area contributed by atoms with E-state index in [1.54, 1.807) is 6.08 Å². The molecule has 2 aliphatic heterocycles. The highest BCUT2D eigenvalue weighted by atomic mass is 35.5. The van der Waals surface area contributed by atoms with Crippen LogP contribution < -0.4 is 0 Å². The van der Waals surface area contributed by atoms with E-state index in [0.717, 1.165) is 24.8 Å². The van der Waals surface area contributed by atoms with Crippen LogP contribution >= 0.6 is 23.2 Å². The van der Waals surface area contributed by atoms with E-state index in [-0.39, 0.29) is 23.9 Å². The molecule has 0 radical (unpaired) electrons. The van der Waals surface area contributed by atoms with Gasteiger partial charge in [-0.05, 0) is 49.3 Å². The summed E-state index contributed by atoms with van der Waals surface area (Å²) in [5.74, 6) is 0.259. The maximum absolute atomic E-state index is 11.8. The van der Waals surface area contributed by atoms with E-state index in [0.29, 0.717) is 35.6 Å². The van der Waals surface area contributed by atoms with E-state index in [1.165, 1.54) is 0 Å². The van der Waals surface area contributed by atoms with Gasteiger partial charge in [0.25, 0.3) is 0 Å². The van der Waals surface area contributed by atoms with Gasteiger partial charge in [0.1, 0.15) is 0 Å². The zero-order chi connectivity index (χ0) is 17.1. The molecule has 0 saturated carbocycles. The fourth-order valence-electron chi connectivity index (χ4n) is 3.77. The molecule has 2 heterocycles. The van der Waals surface area contributed by atoms with Crippen molar-refractivity contribution in [3.8, 4) is 0 Å². The summed E-state index contributed by atoms with van der Waals surface area (Å²) in [6.45, 7) is 4.02. The van der Waals surface area contributed by atoms with Crippen LogP contribution in [0.5, 0.6) is 0 Å². The predicted octanol–water partition coefficient (Wildman–Crippen LogP) is 5.15. The molecule has 2 saturated heterocycles. The standard InChI is InChI=1S/C19H22Cl2O3/c1-2-3-4-19(22)23-11-15-14(10-13-6-8-18(15)24-13)12-5-7-16(20)17(21)9-12/h2,5,7,9,13-15,18H,1,3-4,6,8,10-11H2/t13?,14-,15?,18?/m1/s1. The number of fused-ring (bicyclic) bond motifs is 2. The topological polar surface area (TPSA) is 35.5 Å². The van der Waals surface area contributed by atoms with Crippen LogP contribution in [0.4, 0.5) is 0 Å². The molecule has 130 valence electrons. The van der Waals surface area contributed by atoms with Crippen molar-refractivity contribution in [2.24, 2.45) is 5.92 Å². The lowest BCUT2D eigenvalue weighted by Crippen LogP contribution is -2.37. The van der Waals surface area contributed by atoms with Gasteiger partial charge in [0.15, 0.2) is 0 Å². The monoisotopic (exact) mass is 368 g/mol. The van der Waals surface area contributed by atoms with E-state index < -0.39 is 0 Å².